The zero-order valence-electron chi connectivity index (χ0n) is 8.17. The van der Waals surface area contributed by atoms with E-state index in [2.05, 4.69) is 4.74 Å². The number of ether oxygens (including phenoxy) is 1. The van der Waals surface area contributed by atoms with Crippen molar-refractivity contribution in [2.45, 2.75) is 12.3 Å². The Morgan fingerprint density at radius 2 is 2.00 bits per heavy atom. The van der Waals surface area contributed by atoms with Crippen LogP contribution in [-0.2, 0) is 9.53 Å². The van der Waals surface area contributed by atoms with E-state index in [1.165, 1.54) is 25.3 Å². The van der Waals surface area contributed by atoms with Crippen LogP contribution in [0.25, 0.3) is 0 Å². The average Bonchev–Trinajstić information content (AvgIpc) is 2.96. The van der Waals surface area contributed by atoms with Crippen molar-refractivity contribution in [3.8, 4) is 0 Å². The van der Waals surface area contributed by atoms with Crippen LogP contribution in [-0.4, -0.2) is 13.1 Å². The monoisotopic (exact) mass is 212 g/mol. The smallest absolute Gasteiger partial charge is 0.309 e. The summed E-state index contributed by atoms with van der Waals surface area (Å²) < 4.78 is 31.1. The summed E-state index contributed by atoms with van der Waals surface area (Å²) in [5.41, 5.74) is 0.00731. The Balaban J connectivity index is 2.23. The molecule has 1 aromatic rings. The summed E-state index contributed by atoms with van der Waals surface area (Å²) >= 11 is 0. The summed E-state index contributed by atoms with van der Waals surface area (Å²) in [5.74, 6) is -2.33. The molecule has 80 valence electrons. The lowest BCUT2D eigenvalue weighted by molar-refractivity contribution is -0.142. The number of benzene rings is 1. The third kappa shape index (κ3) is 1.71. The van der Waals surface area contributed by atoms with Gasteiger partial charge in [0.2, 0.25) is 0 Å². The van der Waals surface area contributed by atoms with Crippen LogP contribution in [0.1, 0.15) is 17.9 Å². The second-order valence-corrected chi connectivity index (χ2v) is 3.61. The van der Waals surface area contributed by atoms with Gasteiger partial charge in [0.1, 0.15) is 11.6 Å². The van der Waals surface area contributed by atoms with Crippen molar-refractivity contribution in [1.82, 2.24) is 0 Å². The summed E-state index contributed by atoms with van der Waals surface area (Å²) in [6.45, 7) is 0. The molecule has 0 radical (unpaired) electrons. The topological polar surface area (TPSA) is 26.3 Å². The molecule has 1 fully saturated rings. The van der Waals surface area contributed by atoms with E-state index >= 15 is 0 Å². The van der Waals surface area contributed by atoms with Gasteiger partial charge < -0.3 is 4.74 Å². The van der Waals surface area contributed by atoms with Crippen molar-refractivity contribution >= 4 is 5.97 Å². The van der Waals surface area contributed by atoms with Crippen LogP contribution < -0.4 is 0 Å². The van der Waals surface area contributed by atoms with Crippen molar-refractivity contribution in [3.63, 3.8) is 0 Å². The minimum Gasteiger partial charge on any atom is -0.469 e. The number of esters is 1. The van der Waals surface area contributed by atoms with Gasteiger partial charge in [-0.1, -0.05) is 6.07 Å². The standard InChI is InChI=1S/C11H10F2O2/c1-15-11(14)7-5-6(7)10-8(12)3-2-4-9(10)13/h2-4,6-7H,5H2,1H3/t6-,7-/m1/s1. The summed E-state index contributed by atoms with van der Waals surface area (Å²) in [5, 5.41) is 0. The van der Waals surface area contributed by atoms with E-state index in [4.69, 9.17) is 0 Å². The van der Waals surface area contributed by atoms with Gasteiger partial charge in [0, 0.05) is 11.5 Å². The van der Waals surface area contributed by atoms with Crippen LogP contribution >= 0.6 is 0 Å². The second-order valence-electron chi connectivity index (χ2n) is 3.61. The largest absolute Gasteiger partial charge is 0.469 e. The van der Waals surface area contributed by atoms with Gasteiger partial charge >= 0.3 is 5.97 Å². The molecule has 1 aromatic carbocycles. The van der Waals surface area contributed by atoms with E-state index in [0.29, 0.717) is 6.42 Å². The first kappa shape index (κ1) is 10.1. The SMILES string of the molecule is COC(=O)[C@@H]1C[C@H]1c1c(F)cccc1F. The highest BCUT2D eigenvalue weighted by molar-refractivity contribution is 5.77. The molecule has 2 atom stereocenters. The van der Waals surface area contributed by atoms with Crippen LogP contribution in [0.2, 0.25) is 0 Å². The Labute approximate surface area is 85.9 Å². The molecule has 0 N–H and O–H groups in total. The molecule has 0 heterocycles. The van der Waals surface area contributed by atoms with E-state index in [0.717, 1.165) is 0 Å². The number of carbonyl (C=O) groups excluding carboxylic acids is 1. The lowest BCUT2D eigenvalue weighted by Crippen LogP contribution is -2.05. The Morgan fingerprint density at radius 3 is 2.53 bits per heavy atom. The van der Waals surface area contributed by atoms with Gasteiger partial charge in [-0.15, -0.1) is 0 Å². The van der Waals surface area contributed by atoms with E-state index in [1.807, 2.05) is 0 Å². The number of rotatable bonds is 2. The van der Waals surface area contributed by atoms with Gasteiger partial charge in [-0.2, -0.15) is 0 Å². The molecule has 0 saturated heterocycles. The molecule has 2 rings (SSSR count). The fourth-order valence-corrected chi connectivity index (χ4v) is 1.79. The molecule has 0 aromatic heterocycles. The molecule has 4 heteroatoms. The molecule has 0 bridgehead atoms. The van der Waals surface area contributed by atoms with Crippen LogP contribution in [0.15, 0.2) is 18.2 Å². The molecular weight excluding hydrogens is 202 g/mol. The van der Waals surface area contributed by atoms with Crippen molar-refractivity contribution in [2.24, 2.45) is 5.92 Å². The second kappa shape index (κ2) is 3.61. The van der Waals surface area contributed by atoms with Gasteiger partial charge in [0.25, 0.3) is 0 Å². The molecule has 0 amide bonds. The number of methoxy groups -OCH3 is 1. The number of hydrogen-bond donors (Lipinski definition) is 0. The highest BCUT2D eigenvalue weighted by Gasteiger charge is 2.47. The van der Waals surface area contributed by atoms with Crippen LogP contribution in [0.3, 0.4) is 0 Å². The van der Waals surface area contributed by atoms with Gasteiger partial charge in [0.15, 0.2) is 0 Å². The normalized spacial score (nSPS) is 23.7. The molecule has 0 spiro atoms. The first-order valence-corrected chi connectivity index (χ1v) is 4.67. The van der Waals surface area contributed by atoms with Crippen LogP contribution in [0, 0.1) is 17.6 Å². The molecule has 1 aliphatic carbocycles. The Morgan fingerprint density at radius 1 is 1.40 bits per heavy atom. The highest BCUT2D eigenvalue weighted by atomic mass is 19.1. The van der Waals surface area contributed by atoms with Gasteiger partial charge in [0.05, 0.1) is 13.0 Å². The van der Waals surface area contributed by atoms with Gasteiger partial charge in [-0.05, 0) is 18.6 Å². The lowest BCUT2D eigenvalue weighted by atomic mass is 10.1. The zero-order chi connectivity index (χ0) is 11.0. The van der Waals surface area contributed by atoms with Crippen molar-refractivity contribution in [2.75, 3.05) is 7.11 Å². The molecule has 1 aliphatic rings. The Kier molecular flexibility index (Phi) is 2.42. The first-order chi connectivity index (χ1) is 7.15. The molecule has 1 saturated carbocycles. The highest BCUT2D eigenvalue weighted by Crippen LogP contribution is 2.49. The molecule has 0 aliphatic heterocycles. The molecule has 2 nitrogen and oxygen atoms in total. The number of halogens is 2. The molecule has 15 heavy (non-hydrogen) atoms. The maximum Gasteiger partial charge on any atom is 0.309 e. The zero-order valence-corrected chi connectivity index (χ0v) is 8.17. The minimum atomic E-state index is -0.591. The summed E-state index contributed by atoms with van der Waals surface area (Å²) in [6.07, 6.45) is 0.463. The first-order valence-electron chi connectivity index (χ1n) is 4.67. The fourth-order valence-electron chi connectivity index (χ4n) is 1.79. The van der Waals surface area contributed by atoms with Crippen LogP contribution in [0.4, 0.5) is 8.78 Å². The maximum absolute atomic E-state index is 13.3. The fraction of sp³-hybridized carbons (Fsp3) is 0.364. The quantitative estimate of drug-likeness (QED) is 0.703. The van der Waals surface area contributed by atoms with Crippen molar-refractivity contribution in [3.05, 3.63) is 35.4 Å². The number of hydrogen-bond acceptors (Lipinski definition) is 2. The minimum absolute atomic E-state index is 0.00731. The third-order valence-corrected chi connectivity index (χ3v) is 2.66. The Bertz CT molecular complexity index is 383. The summed E-state index contributed by atoms with van der Waals surface area (Å²) in [7, 11) is 1.27. The number of carbonyl (C=O) groups is 1. The predicted molar refractivity (Wildman–Crippen MR) is 49.2 cm³/mol. The predicted octanol–water partition coefficient (Wildman–Crippen LogP) is 2.24. The van der Waals surface area contributed by atoms with E-state index in [9.17, 15) is 13.6 Å². The maximum atomic E-state index is 13.3. The van der Waals surface area contributed by atoms with Gasteiger partial charge in [-0.25, -0.2) is 8.78 Å². The third-order valence-electron chi connectivity index (χ3n) is 2.66. The van der Waals surface area contributed by atoms with E-state index in [-0.39, 0.29) is 17.4 Å². The van der Waals surface area contributed by atoms with Crippen molar-refractivity contribution in [1.29, 1.82) is 0 Å². The molecule has 0 unspecified atom stereocenters. The lowest BCUT2D eigenvalue weighted by Gasteiger charge is -2.03. The van der Waals surface area contributed by atoms with E-state index in [1.54, 1.807) is 0 Å². The van der Waals surface area contributed by atoms with Gasteiger partial charge in [-0.3, -0.25) is 4.79 Å². The summed E-state index contributed by atoms with van der Waals surface area (Å²) in [6, 6.07) is 3.71. The summed E-state index contributed by atoms with van der Waals surface area (Å²) in [4.78, 5) is 11.1. The Hall–Kier alpha value is -1.45. The molecular formula is C11H10F2O2. The average molecular weight is 212 g/mol. The van der Waals surface area contributed by atoms with Crippen molar-refractivity contribution < 1.29 is 18.3 Å². The van der Waals surface area contributed by atoms with Crippen LogP contribution in [0.5, 0.6) is 0 Å². The van der Waals surface area contributed by atoms with E-state index < -0.39 is 17.6 Å².